The smallest absolute Gasteiger partial charge is 0.159 e. The summed E-state index contributed by atoms with van der Waals surface area (Å²) in [6.45, 7) is 0. The second-order valence-corrected chi connectivity index (χ2v) is 4.71. The third-order valence-electron chi connectivity index (χ3n) is 3.35. The number of aromatic nitrogens is 2. The van der Waals surface area contributed by atoms with Crippen molar-refractivity contribution < 1.29 is 4.74 Å². The number of hydrogen-bond donors (Lipinski definition) is 0. The highest BCUT2D eigenvalue weighted by atomic mass is 16.5. The Bertz CT molecular complexity index is 801. The molecule has 0 aliphatic carbocycles. The lowest BCUT2D eigenvalue weighted by Crippen LogP contribution is -1.90. The molecular formula is C18H13N3O. The van der Waals surface area contributed by atoms with Crippen LogP contribution in [-0.4, -0.2) is 17.1 Å². The van der Waals surface area contributed by atoms with E-state index in [9.17, 15) is 0 Å². The van der Waals surface area contributed by atoms with Crippen LogP contribution in [0, 0.1) is 11.3 Å². The van der Waals surface area contributed by atoms with Crippen LogP contribution in [0.4, 0.5) is 0 Å². The summed E-state index contributed by atoms with van der Waals surface area (Å²) in [6, 6.07) is 17.1. The molecule has 0 bridgehead atoms. The summed E-state index contributed by atoms with van der Waals surface area (Å²) >= 11 is 0. The molecule has 0 saturated heterocycles. The third-order valence-corrected chi connectivity index (χ3v) is 3.35. The minimum Gasteiger partial charge on any atom is -0.497 e. The number of rotatable bonds is 3. The summed E-state index contributed by atoms with van der Waals surface area (Å²) in [5.41, 5.74) is 3.49. The highest BCUT2D eigenvalue weighted by Gasteiger charge is 2.04. The van der Waals surface area contributed by atoms with Crippen LogP contribution in [0.5, 0.6) is 5.75 Å². The fourth-order valence-corrected chi connectivity index (χ4v) is 2.10. The minimum absolute atomic E-state index is 0.624. The fraction of sp³-hybridized carbons (Fsp3) is 0.0556. The number of ether oxygens (including phenoxy) is 1. The Hall–Kier alpha value is -3.19. The monoisotopic (exact) mass is 287 g/mol. The van der Waals surface area contributed by atoms with Gasteiger partial charge in [0.25, 0.3) is 0 Å². The molecule has 2 aromatic carbocycles. The van der Waals surface area contributed by atoms with Gasteiger partial charge < -0.3 is 4.74 Å². The zero-order chi connectivity index (χ0) is 15.4. The van der Waals surface area contributed by atoms with Gasteiger partial charge in [-0.05, 0) is 42.0 Å². The van der Waals surface area contributed by atoms with E-state index in [0.717, 1.165) is 22.4 Å². The maximum Gasteiger partial charge on any atom is 0.159 e. The van der Waals surface area contributed by atoms with Gasteiger partial charge in [-0.25, -0.2) is 9.97 Å². The summed E-state index contributed by atoms with van der Waals surface area (Å²) < 4.78 is 5.15. The van der Waals surface area contributed by atoms with Gasteiger partial charge in [0.1, 0.15) is 5.75 Å². The molecule has 4 heteroatoms. The van der Waals surface area contributed by atoms with Crippen molar-refractivity contribution in [3.8, 4) is 34.3 Å². The van der Waals surface area contributed by atoms with Crippen LogP contribution in [-0.2, 0) is 0 Å². The normalized spacial score (nSPS) is 10.0. The van der Waals surface area contributed by atoms with Gasteiger partial charge in [0.15, 0.2) is 5.82 Å². The first kappa shape index (κ1) is 13.8. The number of benzene rings is 2. The van der Waals surface area contributed by atoms with E-state index in [2.05, 4.69) is 16.0 Å². The molecule has 0 N–H and O–H groups in total. The van der Waals surface area contributed by atoms with Crippen molar-refractivity contribution in [2.24, 2.45) is 0 Å². The first-order chi connectivity index (χ1) is 10.8. The van der Waals surface area contributed by atoms with Gasteiger partial charge in [0.2, 0.25) is 0 Å². The van der Waals surface area contributed by atoms with E-state index >= 15 is 0 Å². The van der Waals surface area contributed by atoms with Gasteiger partial charge in [-0.3, -0.25) is 0 Å². The lowest BCUT2D eigenvalue weighted by atomic mass is 10.1. The van der Waals surface area contributed by atoms with Crippen LogP contribution in [0.3, 0.4) is 0 Å². The van der Waals surface area contributed by atoms with Crippen LogP contribution in [0.25, 0.3) is 22.5 Å². The van der Waals surface area contributed by atoms with Gasteiger partial charge in [-0.15, -0.1) is 0 Å². The first-order valence-corrected chi connectivity index (χ1v) is 6.77. The lowest BCUT2D eigenvalue weighted by molar-refractivity contribution is 0.415. The Morgan fingerprint density at radius 1 is 0.818 bits per heavy atom. The average Bonchev–Trinajstić information content (AvgIpc) is 2.62. The third kappa shape index (κ3) is 2.79. The molecule has 1 heterocycles. The molecule has 0 aliphatic rings. The molecule has 0 spiro atoms. The molecule has 22 heavy (non-hydrogen) atoms. The van der Waals surface area contributed by atoms with Crippen LogP contribution in [0.2, 0.25) is 0 Å². The molecule has 106 valence electrons. The van der Waals surface area contributed by atoms with Crippen LogP contribution in [0.1, 0.15) is 5.56 Å². The predicted molar refractivity (Wildman–Crippen MR) is 84.2 cm³/mol. The van der Waals surface area contributed by atoms with Crippen LogP contribution >= 0.6 is 0 Å². The number of methoxy groups -OCH3 is 1. The Labute approximate surface area is 128 Å². The molecule has 0 fully saturated rings. The number of nitriles is 1. The maximum atomic E-state index is 8.81. The zero-order valence-corrected chi connectivity index (χ0v) is 12.0. The van der Waals surface area contributed by atoms with E-state index in [-0.39, 0.29) is 0 Å². The quantitative estimate of drug-likeness (QED) is 0.737. The van der Waals surface area contributed by atoms with Crippen molar-refractivity contribution in [1.82, 2.24) is 9.97 Å². The van der Waals surface area contributed by atoms with Crippen LogP contribution < -0.4 is 4.74 Å². The fourth-order valence-electron chi connectivity index (χ4n) is 2.10. The molecule has 0 radical (unpaired) electrons. The highest BCUT2D eigenvalue weighted by Crippen LogP contribution is 2.22. The second-order valence-electron chi connectivity index (χ2n) is 4.71. The zero-order valence-electron chi connectivity index (χ0n) is 12.0. The Balaban J connectivity index is 1.86. The van der Waals surface area contributed by atoms with E-state index in [1.54, 1.807) is 31.6 Å². The van der Waals surface area contributed by atoms with E-state index in [4.69, 9.17) is 10.00 Å². The van der Waals surface area contributed by atoms with Crippen molar-refractivity contribution in [3.05, 3.63) is 66.5 Å². The van der Waals surface area contributed by atoms with Crippen molar-refractivity contribution in [2.75, 3.05) is 7.11 Å². The Kier molecular flexibility index (Phi) is 3.80. The Morgan fingerprint density at radius 3 is 1.95 bits per heavy atom. The molecule has 0 atom stereocenters. The maximum absolute atomic E-state index is 8.81. The molecule has 4 nitrogen and oxygen atoms in total. The topological polar surface area (TPSA) is 58.8 Å². The van der Waals surface area contributed by atoms with Gasteiger partial charge in [-0.2, -0.15) is 5.26 Å². The summed E-state index contributed by atoms with van der Waals surface area (Å²) in [5.74, 6) is 1.46. The predicted octanol–water partition coefficient (Wildman–Crippen LogP) is 3.69. The first-order valence-electron chi connectivity index (χ1n) is 6.77. The molecule has 0 aliphatic heterocycles. The van der Waals surface area contributed by atoms with Gasteiger partial charge in [0, 0.05) is 23.5 Å². The van der Waals surface area contributed by atoms with E-state index in [1.165, 1.54) is 0 Å². The molecule has 3 aromatic rings. The molecule has 1 aromatic heterocycles. The summed E-state index contributed by atoms with van der Waals surface area (Å²) in [4.78, 5) is 8.80. The molecule has 3 rings (SSSR count). The van der Waals surface area contributed by atoms with Crippen molar-refractivity contribution >= 4 is 0 Å². The number of hydrogen-bond acceptors (Lipinski definition) is 4. The summed E-state index contributed by atoms with van der Waals surface area (Å²) in [6.07, 6.45) is 3.59. The largest absolute Gasteiger partial charge is 0.497 e. The minimum atomic E-state index is 0.624. The van der Waals surface area contributed by atoms with E-state index in [0.29, 0.717) is 11.4 Å². The van der Waals surface area contributed by atoms with Gasteiger partial charge in [0.05, 0.1) is 18.7 Å². The lowest BCUT2D eigenvalue weighted by Gasteiger charge is -2.04. The standard InChI is InChI=1S/C18H13N3O/c1-22-17-8-6-14(7-9-17)16-11-20-18(21-12-16)15-4-2-13(10-19)3-5-15/h2-9,11-12H,1H3. The molecule has 0 saturated carbocycles. The molecule has 0 unspecified atom stereocenters. The second kappa shape index (κ2) is 6.06. The van der Waals surface area contributed by atoms with E-state index < -0.39 is 0 Å². The van der Waals surface area contributed by atoms with Crippen molar-refractivity contribution in [2.45, 2.75) is 0 Å². The van der Waals surface area contributed by atoms with Crippen molar-refractivity contribution in [3.63, 3.8) is 0 Å². The average molecular weight is 287 g/mol. The molecular weight excluding hydrogens is 274 g/mol. The molecule has 0 amide bonds. The van der Waals surface area contributed by atoms with Crippen molar-refractivity contribution in [1.29, 1.82) is 5.26 Å². The summed E-state index contributed by atoms with van der Waals surface area (Å²) in [7, 11) is 1.64. The number of nitrogens with zero attached hydrogens (tertiary/aromatic N) is 3. The highest BCUT2D eigenvalue weighted by molar-refractivity contribution is 5.64. The SMILES string of the molecule is COc1ccc(-c2cnc(-c3ccc(C#N)cc3)nc2)cc1. The van der Waals surface area contributed by atoms with Gasteiger partial charge >= 0.3 is 0 Å². The Morgan fingerprint density at radius 2 is 1.41 bits per heavy atom. The summed E-state index contributed by atoms with van der Waals surface area (Å²) in [5, 5.41) is 8.81. The van der Waals surface area contributed by atoms with Crippen LogP contribution in [0.15, 0.2) is 60.9 Å². The van der Waals surface area contributed by atoms with Gasteiger partial charge in [-0.1, -0.05) is 12.1 Å². The van der Waals surface area contributed by atoms with E-state index in [1.807, 2.05) is 36.4 Å².